The zero-order valence-electron chi connectivity index (χ0n) is 12.2. The predicted octanol–water partition coefficient (Wildman–Crippen LogP) is 1.15. The summed E-state index contributed by atoms with van der Waals surface area (Å²) in [6, 6.07) is 5.38. The van der Waals surface area contributed by atoms with E-state index >= 15 is 0 Å². The SMILES string of the molecule is COC(=O)c1cc(N2CCC(CC(N)=O)CC2)ccc1N. The van der Waals surface area contributed by atoms with Crippen molar-refractivity contribution in [1.82, 2.24) is 0 Å². The number of primary amides is 1. The molecular weight excluding hydrogens is 270 g/mol. The molecule has 0 atom stereocenters. The first kappa shape index (κ1) is 15.2. The Balaban J connectivity index is 2.07. The lowest BCUT2D eigenvalue weighted by Crippen LogP contribution is -2.35. The number of esters is 1. The Morgan fingerprint density at radius 2 is 2.00 bits per heavy atom. The second-order valence-electron chi connectivity index (χ2n) is 5.36. The standard InChI is InChI=1S/C15H21N3O3/c1-21-15(20)12-9-11(2-3-13(12)16)18-6-4-10(5-7-18)8-14(17)19/h2-3,9-10H,4-8,16H2,1H3,(H2,17,19). The molecule has 1 amide bonds. The molecule has 2 rings (SSSR count). The van der Waals surface area contributed by atoms with Gasteiger partial charge in [0.05, 0.1) is 12.7 Å². The number of nitrogens with zero attached hydrogens (tertiary/aromatic N) is 1. The van der Waals surface area contributed by atoms with Crippen molar-refractivity contribution in [2.45, 2.75) is 19.3 Å². The van der Waals surface area contributed by atoms with Crippen LogP contribution in [0.25, 0.3) is 0 Å². The van der Waals surface area contributed by atoms with Gasteiger partial charge in [0.25, 0.3) is 0 Å². The highest BCUT2D eigenvalue weighted by molar-refractivity contribution is 5.96. The number of rotatable bonds is 4. The molecule has 0 radical (unpaired) electrons. The van der Waals surface area contributed by atoms with E-state index in [0.717, 1.165) is 31.6 Å². The molecule has 6 heteroatoms. The van der Waals surface area contributed by atoms with Crippen LogP contribution in [0.5, 0.6) is 0 Å². The van der Waals surface area contributed by atoms with Crippen LogP contribution in [0.4, 0.5) is 11.4 Å². The molecule has 1 heterocycles. The van der Waals surface area contributed by atoms with Crippen LogP contribution in [-0.4, -0.2) is 32.1 Å². The van der Waals surface area contributed by atoms with Crippen LogP contribution in [0.3, 0.4) is 0 Å². The van der Waals surface area contributed by atoms with E-state index in [0.29, 0.717) is 23.6 Å². The van der Waals surface area contributed by atoms with Crippen molar-refractivity contribution in [3.63, 3.8) is 0 Å². The molecule has 1 aliphatic rings. The quantitative estimate of drug-likeness (QED) is 0.640. The van der Waals surface area contributed by atoms with Gasteiger partial charge in [-0.1, -0.05) is 0 Å². The number of benzene rings is 1. The molecule has 1 fully saturated rings. The van der Waals surface area contributed by atoms with E-state index in [4.69, 9.17) is 16.2 Å². The molecule has 114 valence electrons. The fourth-order valence-electron chi connectivity index (χ4n) is 2.71. The van der Waals surface area contributed by atoms with Gasteiger partial charge < -0.3 is 21.1 Å². The number of carbonyl (C=O) groups excluding carboxylic acids is 2. The minimum atomic E-state index is -0.432. The number of carbonyl (C=O) groups is 2. The maximum atomic E-state index is 11.7. The van der Waals surface area contributed by atoms with Gasteiger partial charge in [0, 0.05) is 30.9 Å². The molecular formula is C15H21N3O3. The van der Waals surface area contributed by atoms with E-state index in [-0.39, 0.29) is 5.91 Å². The second kappa shape index (κ2) is 6.47. The maximum Gasteiger partial charge on any atom is 0.340 e. The number of nitrogen functional groups attached to an aromatic ring is 1. The minimum Gasteiger partial charge on any atom is -0.465 e. The van der Waals surface area contributed by atoms with Crippen LogP contribution >= 0.6 is 0 Å². The van der Waals surface area contributed by atoms with Crippen molar-refractivity contribution in [3.05, 3.63) is 23.8 Å². The number of hydrogen-bond acceptors (Lipinski definition) is 5. The minimum absolute atomic E-state index is 0.242. The Hall–Kier alpha value is -2.24. The van der Waals surface area contributed by atoms with Crippen molar-refractivity contribution < 1.29 is 14.3 Å². The monoisotopic (exact) mass is 291 g/mol. The predicted molar refractivity (Wildman–Crippen MR) is 80.9 cm³/mol. The van der Waals surface area contributed by atoms with Crippen LogP contribution in [0.15, 0.2) is 18.2 Å². The highest BCUT2D eigenvalue weighted by Gasteiger charge is 2.22. The van der Waals surface area contributed by atoms with Crippen molar-refractivity contribution >= 4 is 23.3 Å². The Morgan fingerprint density at radius 3 is 2.57 bits per heavy atom. The second-order valence-corrected chi connectivity index (χ2v) is 5.36. The van der Waals surface area contributed by atoms with Gasteiger partial charge in [-0.25, -0.2) is 4.79 Å². The lowest BCUT2D eigenvalue weighted by molar-refractivity contribution is -0.119. The average molecular weight is 291 g/mol. The highest BCUT2D eigenvalue weighted by Crippen LogP contribution is 2.27. The number of methoxy groups -OCH3 is 1. The number of anilines is 2. The fraction of sp³-hybridized carbons (Fsp3) is 0.467. The van der Waals surface area contributed by atoms with E-state index in [2.05, 4.69) is 4.90 Å². The summed E-state index contributed by atoms with van der Waals surface area (Å²) < 4.78 is 4.73. The normalized spacial score (nSPS) is 15.8. The summed E-state index contributed by atoms with van der Waals surface area (Å²) in [5.41, 5.74) is 12.8. The molecule has 1 aromatic rings. The smallest absolute Gasteiger partial charge is 0.340 e. The Labute approximate surface area is 124 Å². The Morgan fingerprint density at radius 1 is 1.33 bits per heavy atom. The Bertz CT molecular complexity index is 537. The van der Waals surface area contributed by atoms with E-state index in [9.17, 15) is 9.59 Å². The average Bonchev–Trinajstić information content (AvgIpc) is 2.47. The molecule has 0 aliphatic carbocycles. The summed E-state index contributed by atoms with van der Waals surface area (Å²) in [5.74, 6) is -0.320. The van der Waals surface area contributed by atoms with E-state index < -0.39 is 5.97 Å². The molecule has 1 aliphatic heterocycles. The summed E-state index contributed by atoms with van der Waals surface area (Å²) in [6.07, 6.45) is 2.28. The number of nitrogens with two attached hydrogens (primary N) is 2. The summed E-state index contributed by atoms with van der Waals surface area (Å²) >= 11 is 0. The highest BCUT2D eigenvalue weighted by atomic mass is 16.5. The molecule has 4 N–H and O–H groups in total. The molecule has 0 saturated carbocycles. The van der Waals surface area contributed by atoms with Gasteiger partial charge in [-0.3, -0.25) is 4.79 Å². The summed E-state index contributed by atoms with van der Waals surface area (Å²) in [4.78, 5) is 24.8. The topological polar surface area (TPSA) is 98.6 Å². The zero-order chi connectivity index (χ0) is 15.4. The number of amides is 1. The lowest BCUT2D eigenvalue weighted by atomic mass is 9.93. The van der Waals surface area contributed by atoms with Gasteiger partial charge >= 0.3 is 5.97 Å². The zero-order valence-corrected chi connectivity index (χ0v) is 12.2. The largest absolute Gasteiger partial charge is 0.465 e. The third-order valence-corrected chi connectivity index (χ3v) is 3.91. The van der Waals surface area contributed by atoms with Crippen LogP contribution in [0, 0.1) is 5.92 Å². The van der Waals surface area contributed by atoms with Crippen LogP contribution in [-0.2, 0) is 9.53 Å². The van der Waals surface area contributed by atoms with Crippen LogP contribution in [0.1, 0.15) is 29.6 Å². The van der Waals surface area contributed by atoms with E-state index in [1.165, 1.54) is 7.11 Å². The van der Waals surface area contributed by atoms with Gasteiger partial charge in [0.1, 0.15) is 0 Å². The van der Waals surface area contributed by atoms with E-state index in [1.807, 2.05) is 6.07 Å². The molecule has 1 aromatic carbocycles. The first-order chi connectivity index (χ1) is 10.0. The van der Waals surface area contributed by atoms with Gasteiger partial charge in [-0.2, -0.15) is 0 Å². The van der Waals surface area contributed by atoms with Crippen LogP contribution in [0.2, 0.25) is 0 Å². The first-order valence-corrected chi connectivity index (χ1v) is 7.02. The van der Waals surface area contributed by atoms with Gasteiger partial charge in [0.15, 0.2) is 0 Å². The maximum absolute atomic E-state index is 11.7. The third-order valence-electron chi connectivity index (χ3n) is 3.91. The summed E-state index contributed by atoms with van der Waals surface area (Å²) in [6.45, 7) is 1.67. The lowest BCUT2D eigenvalue weighted by Gasteiger charge is -2.33. The molecule has 0 unspecified atom stereocenters. The van der Waals surface area contributed by atoms with Crippen molar-refractivity contribution in [3.8, 4) is 0 Å². The van der Waals surface area contributed by atoms with Gasteiger partial charge in [-0.05, 0) is 37.0 Å². The number of ether oxygens (including phenoxy) is 1. The van der Waals surface area contributed by atoms with Crippen molar-refractivity contribution in [2.75, 3.05) is 30.8 Å². The molecule has 0 spiro atoms. The third kappa shape index (κ3) is 3.65. The molecule has 21 heavy (non-hydrogen) atoms. The van der Waals surface area contributed by atoms with Crippen LogP contribution < -0.4 is 16.4 Å². The van der Waals surface area contributed by atoms with Gasteiger partial charge in [-0.15, -0.1) is 0 Å². The number of hydrogen-bond donors (Lipinski definition) is 2. The van der Waals surface area contributed by atoms with Crippen molar-refractivity contribution in [1.29, 1.82) is 0 Å². The first-order valence-electron chi connectivity index (χ1n) is 7.02. The van der Waals surface area contributed by atoms with E-state index in [1.54, 1.807) is 12.1 Å². The molecule has 6 nitrogen and oxygen atoms in total. The molecule has 0 aromatic heterocycles. The fourth-order valence-corrected chi connectivity index (χ4v) is 2.71. The molecule has 1 saturated heterocycles. The number of piperidine rings is 1. The Kier molecular flexibility index (Phi) is 4.67. The molecule has 0 bridgehead atoms. The van der Waals surface area contributed by atoms with Gasteiger partial charge in [0.2, 0.25) is 5.91 Å². The summed E-state index contributed by atoms with van der Waals surface area (Å²) in [7, 11) is 1.34. The van der Waals surface area contributed by atoms with Crippen molar-refractivity contribution in [2.24, 2.45) is 11.7 Å². The summed E-state index contributed by atoms with van der Waals surface area (Å²) in [5, 5.41) is 0.